The second-order valence-electron chi connectivity index (χ2n) is 8.28. The smallest absolute Gasteiger partial charge is 0.255 e. The van der Waals surface area contributed by atoms with Crippen molar-refractivity contribution in [1.82, 2.24) is 9.21 Å². The van der Waals surface area contributed by atoms with E-state index < -0.39 is 16.1 Å². The highest BCUT2D eigenvalue weighted by Gasteiger charge is 2.36. The molecule has 3 rings (SSSR count). The van der Waals surface area contributed by atoms with E-state index in [0.717, 1.165) is 15.4 Å². The number of nitrogens with one attached hydrogen (secondary N) is 1. The van der Waals surface area contributed by atoms with E-state index in [4.69, 9.17) is 0 Å². The zero-order valence-corrected chi connectivity index (χ0v) is 20.9. The number of nitrogens with zero attached hydrogens (tertiary/aromatic N) is 2. The van der Waals surface area contributed by atoms with E-state index in [9.17, 15) is 18.0 Å². The van der Waals surface area contributed by atoms with Gasteiger partial charge < -0.3 is 10.2 Å². The fourth-order valence-corrected chi connectivity index (χ4v) is 5.86. The van der Waals surface area contributed by atoms with Crippen LogP contribution in [-0.4, -0.2) is 61.2 Å². The number of anilines is 1. The molecule has 0 aromatic heterocycles. The lowest BCUT2D eigenvalue weighted by atomic mass is 10.0. The molecule has 0 aliphatic carbocycles. The molecule has 32 heavy (non-hydrogen) atoms. The van der Waals surface area contributed by atoms with Crippen molar-refractivity contribution >= 4 is 39.3 Å². The van der Waals surface area contributed by atoms with E-state index in [1.165, 1.54) is 36.8 Å². The maximum Gasteiger partial charge on any atom is 0.255 e. The van der Waals surface area contributed by atoms with Gasteiger partial charge in [-0.2, -0.15) is 0 Å². The maximum absolute atomic E-state index is 13.3. The first kappa shape index (κ1) is 24.3. The van der Waals surface area contributed by atoms with Crippen LogP contribution in [0.3, 0.4) is 0 Å². The van der Waals surface area contributed by atoms with Crippen molar-refractivity contribution in [3.8, 4) is 0 Å². The average molecular weight is 476 g/mol. The molecule has 7 nitrogen and oxygen atoms in total. The fraction of sp³-hybridized carbons (Fsp3) is 0.391. The highest BCUT2D eigenvalue weighted by atomic mass is 32.2. The monoisotopic (exact) mass is 475 g/mol. The third-order valence-corrected chi connectivity index (χ3v) is 8.80. The van der Waals surface area contributed by atoms with Gasteiger partial charge in [0.2, 0.25) is 15.9 Å². The summed E-state index contributed by atoms with van der Waals surface area (Å²) in [5.74, 6) is 0.243. The largest absolute Gasteiger partial charge is 0.324 e. The van der Waals surface area contributed by atoms with E-state index in [0.29, 0.717) is 28.4 Å². The van der Waals surface area contributed by atoms with Gasteiger partial charge in [0, 0.05) is 31.1 Å². The van der Waals surface area contributed by atoms with Crippen LogP contribution in [0.2, 0.25) is 0 Å². The van der Waals surface area contributed by atoms with E-state index in [2.05, 4.69) is 5.32 Å². The third-order valence-electron chi connectivity index (χ3n) is 5.85. The van der Waals surface area contributed by atoms with Crippen molar-refractivity contribution in [3.63, 3.8) is 0 Å². The molecule has 172 valence electrons. The number of aryl methyl sites for hydroxylation is 3. The van der Waals surface area contributed by atoms with Gasteiger partial charge in [0.1, 0.15) is 6.04 Å². The van der Waals surface area contributed by atoms with Crippen LogP contribution in [0, 0.1) is 27.7 Å². The summed E-state index contributed by atoms with van der Waals surface area (Å²) in [5.41, 5.74) is 4.47. The molecule has 1 atom stereocenters. The SMILES string of the molecule is Cc1ccc(NC(=O)C2CSCN2C(=O)c2cc(C)c(C)c(S(=O)(=O)N(C)C)c2)cc1C. The quantitative estimate of drug-likeness (QED) is 0.717. The minimum absolute atomic E-state index is 0.105. The molecule has 1 aliphatic rings. The minimum Gasteiger partial charge on any atom is -0.324 e. The van der Waals surface area contributed by atoms with Gasteiger partial charge >= 0.3 is 0 Å². The molecule has 1 fully saturated rings. The number of hydrogen-bond acceptors (Lipinski definition) is 5. The second-order valence-corrected chi connectivity index (χ2v) is 11.4. The Morgan fingerprint density at radius 1 is 1.03 bits per heavy atom. The Morgan fingerprint density at radius 3 is 2.34 bits per heavy atom. The summed E-state index contributed by atoms with van der Waals surface area (Å²) in [6.45, 7) is 7.49. The van der Waals surface area contributed by atoms with Crippen LogP contribution < -0.4 is 5.32 Å². The Hall–Kier alpha value is -2.36. The first-order valence-corrected chi connectivity index (χ1v) is 12.8. The molecular weight excluding hydrogens is 446 g/mol. The molecule has 0 spiro atoms. The molecule has 2 aromatic carbocycles. The van der Waals surface area contributed by atoms with Crippen LogP contribution >= 0.6 is 11.8 Å². The highest BCUT2D eigenvalue weighted by Crippen LogP contribution is 2.28. The predicted octanol–water partition coefficient (Wildman–Crippen LogP) is 3.32. The van der Waals surface area contributed by atoms with Crippen LogP contribution in [-0.2, 0) is 14.8 Å². The maximum atomic E-state index is 13.3. The van der Waals surface area contributed by atoms with Crippen LogP contribution in [0.25, 0.3) is 0 Å². The molecule has 2 amide bonds. The van der Waals surface area contributed by atoms with Crippen LogP contribution in [0.4, 0.5) is 5.69 Å². The summed E-state index contributed by atoms with van der Waals surface area (Å²) in [5, 5.41) is 2.91. The predicted molar refractivity (Wildman–Crippen MR) is 129 cm³/mol. The van der Waals surface area contributed by atoms with Gasteiger partial charge in [-0.15, -0.1) is 11.8 Å². The molecule has 2 aromatic rings. The lowest BCUT2D eigenvalue weighted by Gasteiger charge is -2.24. The molecule has 1 heterocycles. The van der Waals surface area contributed by atoms with E-state index >= 15 is 0 Å². The third kappa shape index (κ3) is 4.69. The Kier molecular flexibility index (Phi) is 7.02. The van der Waals surface area contributed by atoms with Crippen molar-refractivity contribution < 1.29 is 18.0 Å². The first-order valence-electron chi connectivity index (χ1n) is 10.2. The Labute approximate surface area is 194 Å². The molecule has 1 unspecified atom stereocenters. The zero-order chi connectivity index (χ0) is 23.8. The number of rotatable bonds is 5. The first-order chi connectivity index (χ1) is 14.9. The zero-order valence-electron chi connectivity index (χ0n) is 19.2. The number of benzene rings is 2. The van der Waals surface area contributed by atoms with Gasteiger partial charge in [0.25, 0.3) is 5.91 Å². The van der Waals surface area contributed by atoms with Gasteiger partial charge in [-0.1, -0.05) is 6.07 Å². The molecule has 1 N–H and O–H groups in total. The fourth-order valence-electron chi connectivity index (χ4n) is 3.49. The summed E-state index contributed by atoms with van der Waals surface area (Å²) >= 11 is 1.50. The standard InChI is InChI=1S/C23H29N3O4S2/c1-14-7-8-19(10-15(14)2)24-22(27)20-12-31-13-26(20)23(28)18-9-16(3)17(4)21(11-18)32(29,30)25(5)6/h7-11,20H,12-13H2,1-6H3,(H,24,27). The number of hydrogen-bond donors (Lipinski definition) is 1. The molecule has 0 bridgehead atoms. The van der Waals surface area contributed by atoms with E-state index in [1.54, 1.807) is 19.9 Å². The highest BCUT2D eigenvalue weighted by molar-refractivity contribution is 7.99. The van der Waals surface area contributed by atoms with Crippen LogP contribution in [0.1, 0.15) is 32.6 Å². The van der Waals surface area contributed by atoms with Crippen molar-refractivity contribution in [2.75, 3.05) is 31.0 Å². The van der Waals surface area contributed by atoms with Crippen molar-refractivity contribution in [3.05, 3.63) is 58.1 Å². The van der Waals surface area contributed by atoms with Crippen LogP contribution in [0.15, 0.2) is 35.2 Å². The average Bonchev–Trinajstić information content (AvgIpc) is 3.21. The molecule has 1 saturated heterocycles. The number of sulfonamides is 1. The van der Waals surface area contributed by atoms with Crippen molar-refractivity contribution in [2.24, 2.45) is 0 Å². The van der Waals surface area contributed by atoms with Crippen molar-refractivity contribution in [1.29, 1.82) is 0 Å². The van der Waals surface area contributed by atoms with Crippen LogP contribution in [0.5, 0.6) is 0 Å². The summed E-state index contributed by atoms with van der Waals surface area (Å²) < 4.78 is 26.7. The summed E-state index contributed by atoms with van der Waals surface area (Å²) in [7, 11) is -0.787. The molecule has 9 heteroatoms. The van der Waals surface area contributed by atoms with Gasteiger partial charge in [-0.05, 0) is 74.2 Å². The Morgan fingerprint density at radius 2 is 1.72 bits per heavy atom. The van der Waals surface area contributed by atoms with Gasteiger partial charge in [0.15, 0.2) is 0 Å². The van der Waals surface area contributed by atoms with E-state index in [-0.39, 0.29) is 22.3 Å². The van der Waals surface area contributed by atoms with Gasteiger partial charge in [0.05, 0.1) is 10.8 Å². The molecule has 0 saturated carbocycles. The minimum atomic E-state index is -3.71. The lowest BCUT2D eigenvalue weighted by Crippen LogP contribution is -2.44. The van der Waals surface area contributed by atoms with E-state index in [1.807, 2.05) is 32.0 Å². The Balaban J connectivity index is 1.89. The molecule has 0 radical (unpaired) electrons. The number of carbonyl (C=O) groups excluding carboxylic acids is 2. The summed E-state index contributed by atoms with van der Waals surface area (Å²) in [6.07, 6.45) is 0. The second kappa shape index (κ2) is 9.25. The lowest BCUT2D eigenvalue weighted by molar-refractivity contribution is -0.119. The van der Waals surface area contributed by atoms with Crippen molar-refractivity contribution in [2.45, 2.75) is 38.6 Å². The normalized spacial score (nSPS) is 16.5. The number of thioether (sulfide) groups is 1. The summed E-state index contributed by atoms with van der Waals surface area (Å²) in [4.78, 5) is 27.9. The molecule has 1 aliphatic heterocycles. The van der Waals surface area contributed by atoms with Gasteiger partial charge in [-0.3, -0.25) is 9.59 Å². The molecular formula is C23H29N3O4S2. The number of amides is 2. The van der Waals surface area contributed by atoms with Gasteiger partial charge in [-0.25, -0.2) is 12.7 Å². The Bertz CT molecular complexity index is 1180. The summed E-state index contributed by atoms with van der Waals surface area (Å²) in [6, 6.07) is 8.16. The topological polar surface area (TPSA) is 86.8 Å². The number of carbonyl (C=O) groups is 2.